The minimum Gasteiger partial charge on any atom is -0.266 e. The van der Waals surface area contributed by atoms with Gasteiger partial charge in [0.15, 0.2) is 5.82 Å². The van der Waals surface area contributed by atoms with Crippen molar-refractivity contribution < 1.29 is 8.42 Å². The van der Waals surface area contributed by atoms with Crippen molar-refractivity contribution in [2.45, 2.75) is 26.2 Å². The first-order chi connectivity index (χ1) is 7.55. The predicted octanol–water partition coefficient (Wildman–Crippen LogP) is 1.33. The minimum absolute atomic E-state index is 0.174. The number of hydrogen-bond acceptors (Lipinski definition) is 4. The van der Waals surface area contributed by atoms with Gasteiger partial charge < -0.3 is 0 Å². The van der Waals surface area contributed by atoms with Gasteiger partial charge in [0.1, 0.15) is 0 Å². The van der Waals surface area contributed by atoms with Crippen molar-refractivity contribution in [2.24, 2.45) is 5.92 Å². The van der Waals surface area contributed by atoms with Crippen LogP contribution in [0.4, 0.5) is 5.82 Å². The van der Waals surface area contributed by atoms with Crippen molar-refractivity contribution in [1.82, 2.24) is 9.97 Å². The van der Waals surface area contributed by atoms with Gasteiger partial charge in [-0.2, -0.15) is 0 Å². The molecule has 1 fully saturated rings. The molecule has 1 aromatic heterocycles. The molecule has 1 heterocycles. The van der Waals surface area contributed by atoms with Gasteiger partial charge in [-0.15, -0.1) is 0 Å². The summed E-state index contributed by atoms with van der Waals surface area (Å²) in [6.45, 7) is 1.80. The average Bonchev–Trinajstić information content (AvgIpc) is 3.02. The number of sulfonamides is 1. The molecule has 0 radical (unpaired) electrons. The van der Waals surface area contributed by atoms with Crippen LogP contribution >= 0.6 is 0 Å². The standard InChI is InChI=1S/C10H15N3O2S/c1-8-6-12-10(7-11-8)13-16(14,15)5-4-9-2-3-9/h6-7,9H,2-5H2,1H3,(H,12,13). The van der Waals surface area contributed by atoms with Gasteiger partial charge in [-0.1, -0.05) is 12.8 Å². The molecule has 5 nitrogen and oxygen atoms in total. The summed E-state index contributed by atoms with van der Waals surface area (Å²) in [5.74, 6) is 1.08. The van der Waals surface area contributed by atoms with Crippen LogP contribution in [0, 0.1) is 12.8 Å². The monoisotopic (exact) mass is 241 g/mol. The van der Waals surface area contributed by atoms with E-state index in [-0.39, 0.29) is 5.75 Å². The zero-order valence-electron chi connectivity index (χ0n) is 9.18. The molecule has 0 unspecified atom stereocenters. The number of anilines is 1. The van der Waals surface area contributed by atoms with Crippen LogP contribution in [0.2, 0.25) is 0 Å². The third-order valence-corrected chi connectivity index (χ3v) is 3.83. The van der Waals surface area contributed by atoms with Gasteiger partial charge >= 0.3 is 0 Å². The summed E-state index contributed by atoms with van der Waals surface area (Å²) in [4.78, 5) is 7.93. The second kappa shape index (κ2) is 4.37. The minimum atomic E-state index is -3.26. The van der Waals surface area contributed by atoms with E-state index in [1.54, 1.807) is 13.1 Å². The molecular weight excluding hydrogens is 226 g/mol. The molecular formula is C10H15N3O2S. The van der Waals surface area contributed by atoms with E-state index >= 15 is 0 Å². The highest BCUT2D eigenvalue weighted by molar-refractivity contribution is 7.92. The molecule has 0 spiro atoms. The highest BCUT2D eigenvalue weighted by atomic mass is 32.2. The van der Waals surface area contributed by atoms with Crippen LogP contribution in [0.1, 0.15) is 25.0 Å². The largest absolute Gasteiger partial charge is 0.266 e. The van der Waals surface area contributed by atoms with Crippen molar-refractivity contribution in [3.63, 3.8) is 0 Å². The zero-order chi connectivity index (χ0) is 11.6. The summed E-state index contributed by atoms with van der Waals surface area (Å²) in [7, 11) is -3.26. The van der Waals surface area contributed by atoms with Gasteiger partial charge in [-0.25, -0.2) is 13.4 Å². The van der Waals surface area contributed by atoms with E-state index in [1.807, 2.05) is 0 Å². The van der Waals surface area contributed by atoms with Crippen molar-refractivity contribution in [3.05, 3.63) is 18.1 Å². The molecule has 1 aliphatic rings. The van der Waals surface area contributed by atoms with Crippen LogP contribution in [-0.4, -0.2) is 24.1 Å². The lowest BCUT2D eigenvalue weighted by Gasteiger charge is -2.06. The Hall–Kier alpha value is -1.17. The van der Waals surface area contributed by atoms with E-state index < -0.39 is 10.0 Å². The number of hydrogen-bond donors (Lipinski definition) is 1. The fourth-order valence-electron chi connectivity index (χ4n) is 1.38. The molecule has 0 saturated heterocycles. The van der Waals surface area contributed by atoms with Crippen LogP contribution in [0.25, 0.3) is 0 Å². The van der Waals surface area contributed by atoms with Crippen molar-refractivity contribution >= 4 is 15.8 Å². The van der Waals surface area contributed by atoms with Crippen molar-refractivity contribution in [3.8, 4) is 0 Å². The first-order valence-electron chi connectivity index (χ1n) is 5.34. The van der Waals surface area contributed by atoms with Gasteiger partial charge in [0, 0.05) is 0 Å². The summed E-state index contributed by atoms with van der Waals surface area (Å²) >= 11 is 0. The molecule has 1 aromatic rings. The Kier molecular flexibility index (Phi) is 3.09. The summed E-state index contributed by atoms with van der Waals surface area (Å²) in [6, 6.07) is 0. The maximum atomic E-state index is 11.6. The average molecular weight is 241 g/mol. The molecule has 0 aliphatic heterocycles. The Labute approximate surface area is 95.4 Å². The Balaban J connectivity index is 1.93. The highest BCUT2D eigenvalue weighted by Gasteiger charge is 2.24. The smallest absolute Gasteiger partial charge is 0.233 e. The SMILES string of the molecule is Cc1cnc(NS(=O)(=O)CCC2CC2)cn1. The van der Waals surface area contributed by atoms with E-state index in [2.05, 4.69) is 14.7 Å². The Bertz CT molecular complexity index is 451. The van der Waals surface area contributed by atoms with Crippen LogP contribution in [0.5, 0.6) is 0 Å². The van der Waals surface area contributed by atoms with Gasteiger partial charge in [0.2, 0.25) is 10.0 Å². The van der Waals surface area contributed by atoms with Crippen molar-refractivity contribution in [2.75, 3.05) is 10.5 Å². The number of nitrogens with one attached hydrogen (secondary N) is 1. The molecule has 1 aliphatic carbocycles. The third kappa shape index (κ3) is 3.44. The summed E-state index contributed by atoms with van der Waals surface area (Å²) in [5.41, 5.74) is 0.765. The lowest BCUT2D eigenvalue weighted by Crippen LogP contribution is -2.18. The quantitative estimate of drug-likeness (QED) is 0.844. The first-order valence-corrected chi connectivity index (χ1v) is 6.99. The van der Waals surface area contributed by atoms with Gasteiger partial charge in [-0.05, 0) is 19.3 Å². The van der Waals surface area contributed by atoms with Gasteiger partial charge in [0.05, 0.1) is 23.8 Å². The molecule has 0 bridgehead atoms. The van der Waals surface area contributed by atoms with Crippen molar-refractivity contribution in [1.29, 1.82) is 0 Å². The predicted molar refractivity (Wildman–Crippen MR) is 61.5 cm³/mol. The number of rotatable bonds is 5. The Morgan fingerprint density at radius 1 is 1.38 bits per heavy atom. The van der Waals surface area contributed by atoms with E-state index in [0.717, 1.165) is 12.1 Å². The second-order valence-corrected chi connectivity index (χ2v) is 6.04. The van der Waals surface area contributed by atoms with E-state index in [4.69, 9.17) is 0 Å². The fourth-order valence-corrected chi connectivity index (χ4v) is 2.55. The maximum absolute atomic E-state index is 11.6. The first kappa shape index (κ1) is 11.3. The molecule has 6 heteroatoms. The second-order valence-electron chi connectivity index (χ2n) is 4.20. The number of aromatic nitrogens is 2. The van der Waals surface area contributed by atoms with Crippen LogP contribution < -0.4 is 4.72 Å². The van der Waals surface area contributed by atoms with E-state index in [0.29, 0.717) is 11.7 Å². The van der Waals surface area contributed by atoms with Crippen LogP contribution in [0.3, 0.4) is 0 Å². The lowest BCUT2D eigenvalue weighted by molar-refractivity contribution is 0.595. The molecule has 16 heavy (non-hydrogen) atoms. The molecule has 88 valence electrons. The molecule has 0 atom stereocenters. The van der Waals surface area contributed by atoms with E-state index in [1.165, 1.54) is 19.0 Å². The molecule has 2 rings (SSSR count). The molecule has 1 N–H and O–H groups in total. The maximum Gasteiger partial charge on any atom is 0.233 e. The topological polar surface area (TPSA) is 72.0 Å². The van der Waals surface area contributed by atoms with E-state index in [9.17, 15) is 8.42 Å². The van der Waals surface area contributed by atoms with Crippen LogP contribution in [0.15, 0.2) is 12.4 Å². The Morgan fingerprint density at radius 3 is 2.69 bits per heavy atom. The van der Waals surface area contributed by atoms with Gasteiger partial charge in [0.25, 0.3) is 0 Å². The lowest BCUT2D eigenvalue weighted by atomic mass is 10.3. The third-order valence-electron chi connectivity index (χ3n) is 2.53. The fraction of sp³-hybridized carbons (Fsp3) is 0.600. The van der Waals surface area contributed by atoms with Crippen LogP contribution in [-0.2, 0) is 10.0 Å². The Morgan fingerprint density at radius 2 is 2.12 bits per heavy atom. The summed E-state index contributed by atoms with van der Waals surface area (Å²) in [6.07, 6.45) is 6.05. The molecule has 0 amide bonds. The number of aryl methyl sites for hydroxylation is 1. The zero-order valence-corrected chi connectivity index (χ0v) is 10.00. The molecule has 1 saturated carbocycles. The van der Waals surface area contributed by atoms with Gasteiger partial charge in [-0.3, -0.25) is 9.71 Å². The highest BCUT2D eigenvalue weighted by Crippen LogP contribution is 2.32. The normalized spacial score (nSPS) is 16.1. The summed E-state index contributed by atoms with van der Waals surface area (Å²) in [5, 5.41) is 0. The number of nitrogens with zero attached hydrogens (tertiary/aromatic N) is 2. The summed E-state index contributed by atoms with van der Waals surface area (Å²) < 4.78 is 25.7. The molecule has 0 aromatic carbocycles.